The molecule has 0 amide bonds. The van der Waals surface area contributed by atoms with Crippen LogP contribution in [0.15, 0.2) is 24.3 Å². The summed E-state index contributed by atoms with van der Waals surface area (Å²) >= 11 is 1.81. The van der Waals surface area contributed by atoms with Gasteiger partial charge in [0.2, 0.25) is 0 Å². The molecule has 0 aliphatic carbocycles. The minimum absolute atomic E-state index is 0.711. The van der Waals surface area contributed by atoms with Crippen molar-refractivity contribution in [2.24, 2.45) is 5.92 Å². The van der Waals surface area contributed by atoms with E-state index in [1.165, 1.54) is 22.7 Å². The van der Waals surface area contributed by atoms with Crippen molar-refractivity contribution < 1.29 is 4.74 Å². The first-order valence-electron chi connectivity index (χ1n) is 7.67. The molecule has 1 fully saturated rings. The van der Waals surface area contributed by atoms with Crippen LogP contribution in [0.3, 0.4) is 0 Å². The molecule has 1 atom stereocenters. The third-order valence-electron chi connectivity index (χ3n) is 3.99. The molecule has 21 heavy (non-hydrogen) atoms. The van der Waals surface area contributed by atoms with E-state index < -0.39 is 0 Å². The lowest BCUT2D eigenvalue weighted by Gasteiger charge is -2.32. The van der Waals surface area contributed by atoms with E-state index in [4.69, 9.17) is 9.72 Å². The van der Waals surface area contributed by atoms with Gasteiger partial charge in [-0.05, 0) is 37.4 Å². The molecule has 3 rings (SSSR count). The number of rotatable bonds is 6. The fourth-order valence-corrected chi connectivity index (χ4v) is 3.88. The number of nitrogens with one attached hydrogen (secondary N) is 1. The van der Waals surface area contributed by atoms with Crippen LogP contribution in [0.2, 0.25) is 0 Å². The quantitative estimate of drug-likeness (QED) is 0.833. The number of fused-ring (bicyclic) bond motifs is 1. The molecule has 1 saturated heterocycles. The molecule has 0 spiro atoms. The van der Waals surface area contributed by atoms with Crippen molar-refractivity contribution in [2.45, 2.75) is 12.8 Å². The number of thiazole rings is 1. The van der Waals surface area contributed by atoms with Crippen LogP contribution >= 0.6 is 11.3 Å². The first kappa shape index (κ1) is 14.8. The highest BCUT2D eigenvalue weighted by Crippen LogP contribution is 2.31. The third-order valence-corrected chi connectivity index (χ3v) is 5.09. The standard InChI is InChI=1S/C16H23N3OS/c1-20-10-8-17-11-13-5-4-9-19(12-13)16-18-14-6-2-3-7-15(14)21-16/h2-3,6-7,13,17H,4-5,8-12H2,1H3. The monoisotopic (exact) mass is 305 g/mol. The van der Waals surface area contributed by atoms with Crippen LogP contribution in [-0.2, 0) is 4.74 Å². The second kappa shape index (κ2) is 7.20. The van der Waals surface area contributed by atoms with Gasteiger partial charge in [0, 0.05) is 26.7 Å². The smallest absolute Gasteiger partial charge is 0.186 e. The Morgan fingerprint density at radius 3 is 3.19 bits per heavy atom. The maximum Gasteiger partial charge on any atom is 0.186 e. The number of aromatic nitrogens is 1. The topological polar surface area (TPSA) is 37.4 Å². The average molecular weight is 305 g/mol. The second-order valence-electron chi connectivity index (χ2n) is 5.62. The van der Waals surface area contributed by atoms with Crippen LogP contribution in [0.4, 0.5) is 5.13 Å². The van der Waals surface area contributed by atoms with Gasteiger partial charge in [-0.1, -0.05) is 23.5 Å². The Labute approximate surface area is 130 Å². The van der Waals surface area contributed by atoms with E-state index in [1.54, 1.807) is 7.11 Å². The minimum atomic E-state index is 0.711. The van der Waals surface area contributed by atoms with E-state index in [1.807, 2.05) is 11.3 Å². The van der Waals surface area contributed by atoms with E-state index in [0.29, 0.717) is 5.92 Å². The van der Waals surface area contributed by atoms with Crippen LogP contribution in [0.5, 0.6) is 0 Å². The SMILES string of the molecule is COCCNCC1CCCN(c2nc3ccccc3s2)C1. The molecular weight excluding hydrogens is 282 g/mol. The van der Waals surface area contributed by atoms with E-state index in [9.17, 15) is 0 Å². The molecular formula is C16H23N3OS. The minimum Gasteiger partial charge on any atom is -0.383 e. The number of nitrogens with zero attached hydrogens (tertiary/aromatic N) is 2. The predicted octanol–water partition coefficient (Wildman–Crippen LogP) is 2.75. The zero-order valence-corrected chi connectivity index (χ0v) is 13.4. The zero-order chi connectivity index (χ0) is 14.5. The van der Waals surface area contributed by atoms with Gasteiger partial charge in [-0.2, -0.15) is 0 Å². The van der Waals surface area contributed by atoms with Crippen molar-refractivity contribution in [3.05, 3.63) is 24.3 Å². The number of benzene rings is 1. The van der Waals surface area contributed by atoms with Gasteiger partial charge < -0.3 is 15.0 Å². The molecule has 1 N–H and O–H groups in total. The highest BCUT2D eigenvalue weighted by molar-refractivity contribution is 7.22. The summed E-state index contributed by atoms with van der Waals surface area (Å²) in [6.45, 7) is 5.04. The number of anilines is 1. The van der Waals surface area contributed by atoms with E-state index in [0.717, 1.165) is 38.3 Å². The Hall–Kier alpha value is -1.17. The Bertz CT molecular complexity index is 538. The first-order valence-corrected chi connectivity index (χ1v) is 8.48. The zero-order valence-electron chi connectivity index (χ0n) is 12.5. The van der Waals surface area contributed by atoms with Gasteiger partial charge in [0.05, 0.1) is 16.8 Å². The summed E-state index contributed by atoms with van der Waals surface area (Å²) in [7, 11) is 1.75. The molecule has 1 aliphatic heterocycles. The number of methoxy groups -OCH3 is 1. The molecule has 0 bridgehead atoms. The van der Waals surface area contributed by atoms with Gasteiger partial charge in [-0.15, -0.1) is 0 Å². The highest BCUT2D eigenvalue weighted by Gasteiger charge is 2.22. The summed E-state index contributed by atoms with van der Waals surface area (Å²) in [4.78, 5) is 7.24. The molecule has 1 aromatic carbocycles. The summed E-state index contributed by atoms with van der Waals surface area (Å²) in [5.74, 6) is 0.711. The number of ether oxygens (including phenoxy) is 1. The maximum absolute atomic E-state index is 5.07. The highest BCUT2D eigenvalue weighted by atomic mass is 32.1. The number of para-hydroxylation sites is 1. The Morgan fingerprint density at radius 1 is 1.43 bits per heavy atom. The van der Waals surface area contributed by atoms with Crippen LogP contribution < -0.4 is 10.2 Å². The van der Waals surface area contributed by atoms with Crippen LogP contribution in [0.1, 0.15) is 12.8 Å². The third kappa shape index (κ3) is 3.73. The summed E-state index contributed by atoms with van der Waals surface area (Å²) in [6, 6.07) is 8.40. The molecule has 1 aliphatic rings. The molecule has 0 radical (unpaired) electrons. The summed E-state index contributed by atoms with van der Waals surface area (Å²) in [5.41, 5.74) is 1.12. The average Bonchev–Trinajstić information content (AvgIpc) is 2.96. The molecule has 114 valence electrons. The largest absolute Gasteiger partial charge is 0.383 e. The number of hydrogen-bond donors (Lipinski definition) is 1. The molecule has 0 saturated carbocycles. The number of piperidine rings is 1. The lowest BCUT2D eigenvalue weighted by atomic mass is 9.98. The molecule has 5 heteroatoms. The Balaban J connectivity index is 1.60. The van der Waals surface area contributed by atoms with Gasteiger partial charge in [0.1, 0.15) is 0 Å². The Morgan fingerprint density at radius 2 is 2.33 bits per heavy atom. The van der Waals surface area contributed by atoms with Crippen molar-refractivity contribution in [3.8, 4) is 0 Å². The van der Waals surface area contributed by atoms with E-state index in [-0.39, 0.29) is 0 Å². The predicted molar refractivity (Wildman–Crippen MR) is 89.3 cm³/mol. The molecule has 2 aromatic rings. The first-order chi connectivity index (χ1) is 10.4. The molecule has 1 aromatic heterocycles. The van der Waals surface area contributed by atoms with E-state index in [2.05, 4.69) is 34.5 Å². The van der Waals surface area contributed by atoms with Crippen LogP contribution in [-0.4, -0.2) is 44.9 Å². The van der Waals surface area contributed by atoms with Gasteiger partial charge in [-0.3, -0.25) is 0 Å². The van der Waals surface area contributed by atoms with Crippen molar-refractivity contribution in [1.29, 1.82) is 0 Å². The summed E-state index contributed by atoms with van der Waals surface area (Å²) < 4.78 is 6.36. The van der Waals surface area contributed by atoms with Crippen LogP contribution in [0.25, 0.3) is 10.2 Å². The van der Waals surface area contributed by atoms with Gasteiger partial charge in [0.15, 0.2) is 5.13 Å². The summed E-state index contributed by atoms with van der Waals surface area (Å²) in [6.07, 6.45) is 2.56. The van der Waals surface area contributed by atoms with Gasteiger partial charge >= 0.3 is 0 Å². The maximum atomic E-state index is 5.07. The van der Waals surface area contributed by atoms with Gasteiger partial charge in [-0.25, -0.2) is 4.98 Å². The fourth-order valence-electron chi connectivity index (χ4n) is 2.88. The lowest BCUT2D eigenvalue weighted by Crippen LogP contribution is -2.40. The molecule has 2 heterocycles. The molecule has 1 unspecified atom stereocenters. The van der Waals surface area contributed by atoms with Crippen molar-refractivity contribution in [2.75, 3.05) is 44.8 Å². The lowest BCUT2D eigenvalue weighted by molar-refractivity contribution is 0.197. The van der Waals surface area contributed by atoms with E-state index >= 15 is 0 Å². The van der Waals surface area contributed by atoms with Crippen LogP contribution in [0, 0.1) is 5.92 Å². The molecule has 4 nitrogen and oxygen atoms in total. The second-order valence-corrected chi connectivity index (χ2v) is 6.62. The van der Waals surface area contributed by atoms with Gasteiger partial charge in [0.25, 0.3) is 0 Å². The Kier molecular flexibility index (Phi) is 5.06. The van der Waals surface area contributed by atoms with Crippen molar-refractivity contribution in [1.82, 2.24) is 10.3 Å². The van der Waals surface area contributed by atoms with Crippen molar-refractivity contribution >= 4 is 26.7 Å². The summed E-state index contributed by atoms with van der Waals surface area (Å²) in [5, 5.41) is 4.66. The number of hydrogen-bond acceptors (Lipinski definition) is 5. The fraction of sp³-hybridized carbons (Fsp3) is 0.562. The van der Waals surface area contributed by atoms with Crippen molar-refractivity contribution in [3.63, 3.8) is 0 Å². The normalized spacial score (nSPS) is 19.3.